The van der Waals surface area contributed by atoms with Crippen molar-refractivity contribution >= 4 is 28.8 Å². The average molecular weight is 266 g/mol. The summed E-state index contributed by atoms with van der Waals surface area (Å²) in [6, 6.07) is 7.23. The smallest absolute Gasteiger partial charge is 0.224 e. The van der Waals surface area contributed by atoms with Gasteiger partial charge in [0.05, 0.1) is 5.69 Å². The van der Waals surface area contributed by atoms with Crippen LogP contribution in [-0.4, -0.2) is 24.6 Å². The number of rotatable bonds is 6. The van der Waals surface area contributed by atoms with Gasteiger partial charge in [-0.2, -0.15) is 0 Å². The van der Waals surface area contributed by atoms with Gasteiger partial charge in [-0.05, 0) is 18.1 Å². The number of carbonyl (C=O) groups is 1. The van der Waals surface area contributed by atoms with Crippen LogP contribution in [0.4, 0.5) is 5.69 Å². The van der Waals surface area contributed by atoms with Crippen LogP contribution >= 0.6 is 12.2 Å². The molecule has 1 atom stereocenters. The molecule has 0 aliphatic heterocycles. The number of benzene rings is 1. The van der Waals surface area contributed by atoms with Crippen LogP contribution in [0.5, 0.6) is 0 Å². The highest BCUT2D eigenvalue weighted by Crippen LogP contribution is 2.15. The van der Waals surface area contributed by atoms with Crippen LogP contribution in [-0.2, 0) is 9.53 Å². The molecule has 0 fully saturated rings. The van der Waals surface area contributed by atoms with E-state index in [9.17, 15) is 4.79 Å². The Morgan fingerprint density at radius 1 is 1.50 bits per heavy atom. The fourth-order valence-electron chi connectivity index (χ4n) is 1.67. The molecule has 98 valence electrons. The maximum absolute atomic E-state index is 11.8. The number of para-hydroxylation sites is 1. The van der Waals surface area contributed by atoms with Crippen molar-refractivity contribution in [3.05, 3.63) is 29.8 Å². The molecule has 0 aromatic heterocycles. The van der Waals surface area contributed by atoms with E-state index in [1.54, 1.807) is 19.2 Å². The van der Waals surface area contributed by atoms with Crippen molar-refractivity contribution in [2.24, 2.45) is 11.7 Å². The zero-order chi connectivity index (χ0) is 13.5. The molecule has 0 aliphatic rings. The van der Waals surface area contributed by atoms with E-state index in [-0.39, 0.29) is 16.8 Å². The van der Waals surface area contributed by atoms with Gasteiger partial charge in [-0.25, -0.2) is 0 Å². The number of nitrogens with one attached hydrogen (secondary N) is 1. The highest BCUT2D eigenvalue weighted by atomic mass is 32.1. The van der Waals surface area contributed by atoms with Crippen molar-refractivity contribution in [2.45, 2.75) is 13.3 Å². The summed E-state index contributed by atoms with van der Waals surface area (Å²) in [5, 5.41) is 2.82. The van der Waals surface area contributed by atoms with E-state index in [1.165, 1.54) is 0 Å². The minimum Gasteiger partial charge on any atom is -0.389 e. The summed E-state index contributed by atoms with van der Waals surface area (Å²) in [5.41, 5.74) is 6.93. The number of ether oxygens (including phenoxy) is 1. The van der Waals surface area contributed by atoms with E-state index in [1.807, 2.05) is 19.1 Å². The van der Waals surface area contributed by atoms with Crippen LogP contribution in [0.15, 0.2) is 24.3 Å². The Morgan fingerprint density at radius 3 is 2.78 bits per heavy atom. The quantitative estimate of drug-likeness (QED) is 0.772. The summed E-state index contributed by atoms with van der Waals surface area (Å²) in [5.74, 6) is 0.107. The Balaban J connectivity index is 2.67. The standard InChI is InChI=1S/C13H18N2O2S/c1-9(8-17-2)7-12(16)15-11-6-4-3-5-10(11)13(14)18/h3-6,9H,7-8H2,1-2H3,(H2,14,18)(H,15,16). The van der Waals surface area contributed by atoms with Crippen molar-refractivity contribution in [1.29, 1.82) is 0 Å². The normalized spacial score (nSPS) is 11.9. The second-order valence-electron chi connectivity index (χ2n) is 4.22. The van der Waals surface area contributed by atoms with Crippen molar-refractivity contribution in [3.8, 4) is 0 Å². The molecule has 1 amide bonds. The molecule has 4 nitrogen and oxygen atoms in total. The van der Waals surface area contributed by atoms with Crippen molar-refractivity contribution in [2.75, 3.05) is 19.0 Å². The van der Waals surface area contributed by atoms with Gasteiger partial charge in [-0.15, -0.1) is 0 Å². The Kier molecular flexibility index (Phi) is 5.74. The molecule has 18 heavy (non-hydrogen) atoms. The van der Waals surface area contributed by atoms with E-state index in [0.29, 0.717) is 24.3 Å². The van der Waals surface area contributed by atoms with Crippen LogP contribution in [0.1, 0.15) is 18.9 Å². The first-order valence-corrected chi connectivity index (χ1v) is 6.13. The minimum atomic E-state index is -0.0664. The monoisotopic (exact) mass is 266 g/mol. The van der Waals surface area contributed by atoms with Gasteiger partial charge < -0.3 is 15.8 Å². The Bertz CT molecular complexity index is 435. The lowest BCUT2D eigenvalue weighted by Gasteiger charge is -2.12. The Labute approximate surface area is 113 Å². The van der Waals surface area contributed by atoms with Crippen LogP contribution in [0.3, 0.4) is 0 Å². The van der Waals surface area contributed by atoms with E-state index < -0.39 is 0 Å². The zero-order valence-corrected chi connectivity index (χ0v) is 11.4. The summed E-state index contributed by atoms with van der Waals surface area (Å²) in [7, 11) is 1.62. The van der Waals surface area contributed by atoms with Crippen LogP contribution in [0.25, 0.3) is 0 Å². The van der Waals surface area contributed by atoms with Gasteiger partial charge in [0.2, 0.25) is 5.91 Å². The van der Waals surface area contributed by atoms with E-state index in [4.69, 9.17) is 22.7 Å². The van der Waals surface area contributed by atoms with Crippen LogP contribution in [0, 0.1) is 5.92 Å². The molecule has 0 heterocycles. The average Bonchev–Trinajstić information content (AvgIpc) is 2.29. The van der Waals surface area contributed by atoms with Crippen LogP contribution < -0.4 is 11.1 Å². The molecular weight excluding hydrogens is 248 g/mol. The Morgan fingerprint density at radius 2 is 2.17 bits per heavy atom. The van der Waals surface area contributed by atoms with E-state index >= 15 is 0 Å². The number of hydrogen-bond donors (Lipinski definition) is 2. The number of methoxy groups -OCH3 is 1. The summed E-state index contributed by atoms with van der Waals surface area (Å²) in [6.07, 6.45) is 0.402. The van der Waals surface area contributed by atoms with E-state index in [0.717, 1.165) is 0 Å². The summed E-state index contributed by atoms with van der Waals surface area (Å²) in [4.78, 5) is 12.1. The van der Waals surface area contributed by atoms with Gasteiger partial charge in [0, 0.05) is 25.7 Å². The lowest BCUT2D eigenvalue weighted by Crippen LogP contribution is -2.20. The predicted molar refractivity (Wildman–Crippen MR) is 76.6 cm³/mol. The third kappa shape index (κ3) is 4.43. The first-order chi connectivity index (χ1) is 8.54. The van der Waals surface area contributed by atoms with Gasteiger partial charge >= 0.3 is 0 Å². The van der Waals surface area contributed by atoms with Gasteiger partial charge in [0.15, 0.2) is 0 Å². The van der Waals surface area contributed by atoms with Gasteiger partial charge in [-0.1, -0.05) is 31.3 Å². The predicted octanol–water partition coefficient (Wildman–Crippen LogP) is 1.93. The summed E-state index contributed by atoms with van der Waals surface area (Å²) in [6.45, 7) is 2.52. The molecule has 0 bridgehead atoms. The molecule has 0 spiro atoms. The highest BCUT2D eigenvalue weighted by Gasteiger charge is 2.11. The lowest BCUT2D eigenvalue weighted by molar-refractivity contribution is -0.117. The minimum absolute atomic E-state index is 0.0664. The summed E-state index contributed by atoms with van der Waals surface area (Å²) < 4.78 is 5.00. The molecule has 0 radical (unpaired) electrons. The largest absolute Gasteiger partial charge is 0.389 e. The molecule has 3 N–H and O–H groups in total. The molecule has 1 aromatic carbocycles. The number of nitrogens with two attached hydrogens (primary N) is 1. The second kappa shape index (κ2) is 7.08. The topological polar surface area (TPSA) is 64.3 Å². The third-order valence-electron chi connectivity index (χ3n) is 2.45. The van der Waals surface area contributed by atoms with Gasteiger partial charge in [0.25, 0.3) is 0 Å². The molecule has 0 saturated heterocycles. The van der Waals surface area contributed by atoms with E-state index in [2.05, 4.69) is 5.32 Å². The maximum atomic E-state index is 11.8. The van der Waals surface area contributed by atoms with Gasteiger partial charge in [-0.3, -0.25) is 4.79 Å². The SMILES string of the molecule is COCC(C)CC(=O)Nc1ccccc1C(N)=S. The van der Waals surface area contributed by atoms with Crippen LogP contribution in [0.2, 0.25) is 0 Å². The fourth-order valence-corrected chi connectivity index (χ4v) is 1.85. The molecule has 1 aromatic rings. The highest BCUT2D eigenvalue weighted by molar-refractivity contribution is 7.80. The number of anilines is 1. The maximum Gasteiger partial charge on any atom is 0.224 e. The fraction of sp³-hybridized carbons (Fsp3) is 0.385. The second-order valence-corrected chi connectivity index (χ2v) is 4.66. The molecule has 5 heteroatoms. The number of carbonyl (C=O) groups excluding carboxylic acids is 1. The van der Waals surface area contributed by atoms with Gasteiger partial charge in [0.1, 0.15) is 4.99 Å². The first-order valence-electron chi connectivity index (χ1n) is 5.72. The lowest BCUT2D eigenvalue weighted by atomic mass is 10.1. The number of hydrogen-bond acceptors (Lipinski definition) is 3. The third-order valence-corrected chi connectivity index (χ3v) is 2.67. The zero-order valence-electron chi connectivity index (χ0n) is 10.6. The van der Waals surface area contributed by atoms with Crippen molar-refractivity contribution < 1.29 is 9.53 Å². The molecule has 1 rings (SSSR count). The summed E-state index contributed by atoms with van der Waals surface area (Å²) >= 11 is 4.94. The van der Waals surface area contributed by atoms with Crippen molar-refractivity contribution in [1.82, 2.24) is 0 Å². The number of amides is 1. The molecule has 0 saturated carbocycles. The Hall–Kier alpha value is -1.46. The molecule has 1 unspecified atom stereocenters. The van der Waals surface area contributed by atoms with Crippen molar-refractivity contribution in [3.63, 3.8) is 0 Å². The molecule has 0 aliphatic carbocycles. The first kappa shape index (κ1) is 14.6. The number of thiocarbonyl (C=S) groups is 1. The molecular formula is C13H18N2O2S.